The van der Waals surface area contributed by atoms with Crippen molar-refractivity contribution in [2.45, 2.75) is 38.5 Å². The predicted molar refractivity (Wildman–Crippen MR) is 77.6 cm³/mol. The van der Waals surface area contributed by atoms with Crippen LogP contribution < -0.4 is 4.74 Å². The van der Waals surface area contributed by atoms with Crippen molar-refractivity contribution in [1.29, 1.82) is 0 Å². The Morgan fingerprint density at radius 1 is 1.37 bits per heavy atom. The Hall–Kier alpha value is -1.03. The highest BCUT2D eigenvalue weighted by atomic mass is 79.9. The van der Waals surface area contributed by atoms with Gasteiger partial charge in [0.15, 0.2) is 0 Å². The molecule has 1 fully saturated rings. The molecule has 104 valence electrons. The zero-order valence-corrected chi connectivity index (χ0v) is 12.7. The van der Waals surface area contributed by atoms with E-state index in [0.717, 1.165) is 47.9 Å². The van der Waals surface area contributed by atoms with Gasteiger partial charge in [-0.3, -0.25) is 4.79 Å². The lowest BCUT2D eigenvalue weighted by Gasteiger charge is -2.33. The number of carboxylic acid groups (broad SMARTS) is 1. The average Bonchev–Trinajstić information content (AvgIpc) is 2.40. The first-order chi connectivity index (χ1) is 9.07. The topological polar surface area (TPSA) is 46.5 Å². The fourth-order valence-corrected chi connectivity index (χ4v) is 3.49. The van der Waals surface area contributed by atoms with Crippen molar-refractivity contribution in [2.75, 3.05) is 7.11 Å². The first-order valence-electron chi connectivity index (χ1n) is 6.63. The van der Waals surface area contributed by atoms with Gasteiger partial charge in [0.05, 0.1) is 17.0 Å². The first kappa shape index (κ1) is 14.4. The number of rotatable bonds is 4. The van der Waals surface area contributed by atoms with Crippen LogP contribution in [0.4, 0.5) is 0 Å². The molecule has 0 bridgehead atoms. The van der Waals surface area contributed by atoms with Crippen molar-refractivity contribution in [3.63, 3.8) is 0 Å². The molecule has 0 atom stereocenters. The summed E-state index contributed by atoms with van der Waals surface area (Å²) in [4.78, 5) is 11.7. The molecule has 19 heavy (non-hydrogen) atoms. The molecule has 0 amide bonds. The number of ether oxygens (including phenoxy) is 1. The minimum Gasteiger partial charge on any atom is -0.496 e. The lowest BCUT2D eigenvalue weighted by Crippen LogP contribution is -2.35. The van der Waals surface area contributed by atoms with Gasteiger partial charge in [-0.2, -0.15) is 0 Å². The second-order valence-corrected chi connectivity index (χ2v) is 6.15. The molecule has 0 radical (unpaired) electrons. The van der Waals surface area contributed by atoms with Crippen LogP contribution in [0.5, 0.6) is 5.75 Å². The van der Waals surface area contributed by atoms with Crippen LogP contribution in [0.25, 0.3) is 0 Å². The van der Waals surface area contributed by atoms with E-state index >= 15 is 0 Å². The standard InChI is InChI=1S/C15H19BrO3/c1-19-13-6-5-11(9-12(13)16)10-15(14(17)18)7-3-2-4-8-15/h5-6,9H,2-4,7-8,10H2,1H3,(H,17,18). The Bertz CT molecular complexity index is 464. The number of benzene rings is 1. The van der Waals surface area contributed by atoms with E-state index in [0.29, 0.717) is 6.42 Å². The largest absolute Gasteiger partial charge is 0.496 e. The maximum absolute atomic E-state index is 11.7. The van der Waals surface area contributed by atoms with Gasteiger partial charge in [0.2, 0.25) is 0 Å². The van der Waals surface area contributed by atoms with Crippen molar-refractivity contribution in [3.8, 4) is 5.75 Å². The smallest absolute Gasteiger partial charge is 0.309 e. The number of methoxy groups -OCH3 is 1. The molecular formula is C15H19BrO3. The summed E-state index contributed by atoms with van der Waals surface area (Å²) >= 11 is 3.45. The van der Waals surface area contributed by atoms with Crippen LogP contribution in [0.3, 0.4) is 0 Å². The summed E-state index contributed by atoms with van der Waals surface area (Å²) in [7, 11) is 1.62. The molecule has 0 saturated heterocycles. The van der Waals surface area contributed by atoms with E-state index in [-0.39, 0.29) is 0 Å². The fraction of sp³-hybridized carbons (Fsp3) is 0.533. The molecule has 0 spiro atoms. The molecule has 2 rings (SSSR count). The molecule has 0 aliphatic heterocycles. The summed E-state index contributed by atoms with van der Waals surface area (Å²) in [6.45, 7) is 0. The van der Waals surface area contributed by atoms with E-state index in [9.17, 15) is 9.90 Å². The highest BCUT2D eigenvalue weighted by molar-refractivity contribution is 9.10. The lowest BCUT2D eigenvalue weighted by atomic mass is 9.70. The third-order valence-corrected chi connectivity index (χ3v) is 4.64. The SMILES string of the molecule is COc1ccc(CC2(C(=O)O)CCCCC2)cc1Br. The number of carbonyl (C=O) groups is 1. The molecule has 1 saturated carbocycles. The third-order valence-electron chi connectivity index (χ3n) is 4.02. The quantitative estimate of drug-likeness (QED) is 0.908. The second kappa shape index (κ2) is 5.95. The van der Waals surface area contributed by atoms with E-state index in [2.05, 4.69) is 15.9 Å². The lowest BCUT2D eigenvalue weighted by molar-refractivity contribution is -0.151. The average molecular weight is 327 g/mol. The molecule has 0 aromatic heterocycles. The molecule has 1 aromatic carbocycles. The van der Waals surface area contributed by atoms with Gasteiger partial charge in [-0.15, -0.1) is 0 Å². The molecule has 4 heteroatoms. The molecule has 1 aromatic rings. The van der Waals surface area contributed by atoms with E-state index in [1.165, 1.54) is 0 Å². The highest BCUT2D eigenvalue weighted by Gasteiger charge is 2.39. The van der Waals surface area contributed by atoms with Gasteiger partial charge < -0.3 is 9.84 Å². The summed E-state index contributed by atoms with van der Waals surface area (Å²) < 4.78 is 6.08. The van der Waals surface area contributed by atoms with E-state index < -0.39 is 11.4 Å². The van der Waals surface area contributed by atoms with Crippen molar-refractivity contribution < 1.29 is 14.6 Å². The Morgan fingerprint density at radius 3 is 2.58 bits per heavy atom. The Balaban J connectivity index is 2.22. The predicted octanol–water partition coefficient (Wildman–Crippen LogP) is 4.04. The van der Waals surface area contributed by atoms with Gasteiger partial charge in [0.1, 0.15) is 5.75 Å². The van der Waals surface area contributed by atoms with Gasteiger partial charge in [-0.05, 0) is 52.9 Å². The first-order valence-corrected chi connectivity index (χ1v) is 7.42. The molecule has 0 unspecified atom stereocenters. The van der Waals surface area contributed by atoms with Crippen LogP contribution in [0.15, 0.2) is 22.7 Å². The molecular weight excluding hydrogens is 308 g/mol. The van der Waals surface area contributed by atoms with Crippen LogP contribution in [0, 0.1) is 5.41 Å². The van der Waals surface area contributed by atoms with Crippen molar-refractivity contribution in [2.24, 2.45) is 5.41 Å². The number of aliphatic carboxylic acids is 1. The van der Waals surface area contributed by atoms with Crippen molar-refractivity contribution >= 4 is 21.9 Å². The normalized spacial score (nSPS) is 18.0. The van der Waals surface area contributed by atoms with Crippen LogP contribution >= 0.6 is 15.9 Å². The van der Waals surface area contributed by atoms with Crippen LogP contribution in [0.2, 0.25) is 0 Å². The minimum atomic E-state index is -0.654. The summed E-state index contributed by atoms with van der Waals surface area (Å²) in [5, 5.41) is 9.58. The zero-order valence-electron chi connectivity index (χ0n) is 11.1. The Kier molecular flexibility index (Phi) is 4.50. The van der Waals surface area contributed by atoms with Gasteiger partial charge in [0.25, 0.3) is 0 Å². The molecule has 1 N–H and O–H groups in total. The van der Waals surface area contributed by atoms with Crippen LogP contribution in [-0.2, 0) is 11.2 Å². The molecule has 1 aliphatic rings. The summed E-state index contributed by atoms with van der Waals surface area (Å²) in [6, 6.07) is 5.82. The highest BCUT2D eigenvalue weighted by Crippen LogP contribution is 2.40. The molecule has 0 heterocycles. The summed E-state index contributed by atoms with van der Waals surface area (Å²) in [6.07, 6.45) is 5.36. The zero-order chi connectivity index (χ0) is 13.9. The maximum atomic E-state index is 11.7. The summed E-state index contributed by atoms with van der Waals surface area (Å²) in [5.41, 5.74) is 0.476. The van der Waals surface area contributed by atoms with Crippen molar-refractivity contribution in [3.05, 3.63) is 28.2 Å². The minimum absolute atomic E-state index is 0.577. The Labute approximate surface area is 122 Å². The van der Waals surface area contributed by atoms with Gasteiger partial charge in [-0.1, -0.05) is 25.3 Å². The van der Waals surface area contributed by atoms with Gasteiger partial charge in [-0.25, -0.2) is 0 Å². The van der Waals surface area contributed by atoms with Crippen molar-refractivity contribution in [1.82, 2.24) is 0 Å². The number of halogens is 1. The maximum Gasteiger partial charge on any atom is 0.309 e. The fourth-order valence-electron chi connectivity index (χ4n) is 2.91. The summed E-state index contributed by atoms with van der Waals surface area (Å²) in [5.74, 6) is 0.121. The number of hydrogen-bond donors (Lipinski definition) is 1. The third kappa shape index (κ3) is 3.11. The van der Waals surface area contributed by atoms with E-state index in [1.54, 1.807) is 7.11 Å². The van der Waals surface area contributed by atoms with Crippen LogP contribution in [0.1, 0.15) is 37.7 Å². The monoisotopic (exact) mass is 326 g/mol. The van der Waals surface area contributed by atoms with Crippen LogP contribution in [-0.4, -0.2) is 18.2 Å². The van der Waals surface area contributed by atoms with E-state index in [4.69, 9.17) is 4.74 Å². The Morgan fingerprint density at radius 2 is 2.05 bits per heavy atom. The second-order valence-electron chi connectivity index (χ2n) is 5.29. The van der Waals surface area contributed by atoms with E-state index in [1.807, 2.05) is 18.2 Å². The van der Waals surface area contributed by atoms with Gasteiger partial charge >= 0.3 is 5.97 Å². The van der Waals surface area contributed by atoms with Gasteiger partial charge in [0, 0.05) is 0 Å². The number of carboxylic acids is 1. The molecule has 1 aliphatic carbocycles. The number of hydrogen-bond acceptors (Lipinski definition) is 2. The molecule has 3 nitrogen and oxygen atoms in total.